The van der Waals surface area contributed by atoms with Gasteiger partial charge in [0.1, 0.15) is 11.9 Å². The third kappa shape index (κ3) is 4.20. The summed E-state index contributed by atoms with van der Waals surface area (Å²) in [6, 6.07) is 11.6. The van der Waals surface area contributed by atoms with E-state index in [1.54, 1.807) is 17.0 Å². The van der Waals surface area contributed by atoms with E-state index >= 15 is 0 Å². The van der Waals surface area contributed by atoms with Crippen LogP contribution in [0.25, 0.3) is 0 Å². The number of hydrogen-bond donors (Lipinski definition) is 1. The van der Waals surface area contributed by atoms with Gasteiger partial charge in [0.2, 0.25) is 5.91 Å². The van der Waals surface area contributed by atoms with Gasteiger partial charge in [-0.05, 0) is 54.8 Å². The van der Waals surface area contributed by atoms with E-state index in [1.165, 1.54) is 12.1 Å². The fourth-order valence-corrected chi connectivity index (χ4v) is 2.81. The number of rotatable bonds is 5. The molecule has 2 aromatic rings. The molecule has 3 rings (SSSR count). The Kier molecular flexibility index (Phi) is 5.21. The molecule has 1 atom stereocenters. The van der Waals surface area contributed by atoms with Crippen molar-refractivity contribution in [3.05, 3.63) is 65.0 Å². The highest BCUT2D eigenvalue weighted by Crippen LogP contribution is 2.23. The molecule has 26 heavy (non-hydrogen) atoms. The molecule has 1 saturated heterocycles. The molecule has 0 aromatic heterocycles. The Bertz CT molecular complexity index is 820. The molecule has 2 aromatic carbocycles. The van der Waals surface area contributed by atoms with E-state index < -0.39 is 12.2 Å². The van der Waals surface area contributed by atoms with Crippen LogP contribution in [0.4, 0.5) is 14.9 Å². The summed E-state index contributed by atoms with van der Waals surface area (Å²) in [5, 5.41) is 2.76. The summed E-state index contributed by atoms with van der Waals surface area (Å²) >= 11 is 0. The zero-order valence-electron chi connectivity index (χ0n) is 14.8. The second kappa shape index (κ2) is 7.56. The fraction of sp³-hybridized carbons (Fsp3) is 0.300. The van der Waals surface area contributed by atoms with Crippen LogP contribution in [0, 0.1) is 19.7 Å². The Labute approximate surface area is 151 Å². The monoisotopic (exact) mass is 356 g/mol. The molecule has 2 amide bonds. The number of nitrogens with one attached hydrogen (secondary N) is 1. The van der Waals surface area contributed by atoms with Crippen molar-refractivity contribution in [1.82, 2.24) is 5.32 Å². The summed E-state index contributed by atoms with van der Waals surface area (Å²) in [5.41, 5.74) is 3.78. The summed E-state index contributed by atoms with van der Waals surface area (Å²) in [5.74, 6) is -0.532. The summed E-state index contributed by atoms with van der Waals surface area (Å²) in [6.45, 7) is 4.64. The molecule has 0 aliphatic carbocycles. The first-order valence-corrected chi connectivity index (χ1v) is 8.49. The molecule has 1 unspecified atom stereocenters. The molecule has 1 heterocycles. The van der Waals surface area contributed by atoms with Crippen LogP contribution in [0.3, 0.4) is 0 Å². The number of nitrogens with zero attached hydrogens (tertiary/aromatic N) is 1. The number of hydrogen-bond acceptors (Lipinski definition) is 3. The Hall–Kier alpha value is -2.89. The molecule has 5 nitrogen and oxygen atoms in total. The third-order valence-electron chi connectivity index (χ3n) is 4.48. The van der Waals surface area contributed by atoms with Gasteiger partial charge in [-0.2, -0.15) is 0 Å². The highest BCUT2D eigenvalue weighted by Gasteiger charge is 2.32. The van der Waals surface area contributed by atoms with Crippen LogP contribution in [0.5, 0.6) is 0 Å². The van der Waals surface area contributed by atoms with Crippen molar-refractivity contribution in [3.63, 3.8) is 0 Å². The lowest BCUT2D eigenvalue weighted by atomic mass is 10.1. The van der Waals surface area contributed by atoms with Crippen LogP contribution >= 0.6 is 0 Å². The molecule has 0 radical (unpaired) electrons. The van der Waals surface area contributed by atoms with E-state index in [1.807, 2.05) is 32.0 Å². The van der Waals surface area contributed by atoms with Crippen molar-refractivity contribution >= 4 is 17.7 Å². The van der Waals surface area contributed by atoms with Crippen LogP contribution in [0.15, 0.2) is 42.5 Å². The van der Waals surface area contributed by atoms with Gasteiger partial charge in [0.05, 0.1) is 19.5 Å². The van der Waals surface area contributed by atoms with Crippen molar-refractivity contribution in [1.29, 1.82) is 0 Å². The first-order valence-electron chi connectivity index (χ1n) is 8.49. The minimum absolute atomic E-state index is 0.155. The molecular weight excluding hydrogens is 335 g/mol. The van der Waals surface area contributed by atoms with Crippen molar-refractivity contribution < 1.29 is 18.7 Å². The van der Waals surface area contributed by atoms with Gasteiger partial charge in [-0.25, -0.2) is 9.18 Å². The lowest BCUT2D eigenvalue weighted by molar-refractivity contribution is -0.120. The zero-order valence-corrected chi connectivity index (χ0v) is 14.8. The molecule has 0 saturated carbocycles. The maximum Gasteiger partial charge on any atom is 0.414 e. The first-order chi connectivity index (χ1) is 12.4. The molecule has 0 spiro atoms. The largest absolute Gasteiger partial charge is 0.442 e. The van der Waals surface area contributed by atoms with Crippen LogP contribution in [0.1, 0.15) is 16.7 Å². The lowest BCUT2D eigenvalue weighted by Gasteiger charge is -2.14. The number of halogens is 1. The fourth-order valence-electron chi connectivity index (χ4n) is 2.81. The molecular formula is C20H21FN2O3. The second-order valence-electron chi connectivity index (χ2n) is 6.49. The number of benzene rings is 2. The number of cyclic esters (lactones) is 1. The summed E-state index contributed by atoms with van der Waals surface area (Å²) in [6.07, 6.45) is -0.658. The maximum atomic E-state index is 12.9. The Morgan fingerprint density at radius 2 is 1.92 bits per heavy atom. The quantitative estimate of drug-likeness (QED) is 0.895. The normalized spacial score (nSPS) is 16.5. The van der Waals surface area contributed by atoms with Gasteiger partial charge in [-0.15, -0.1) is 0 Å². The topological polar surface area (TPSA) is 58.6 Å². The number of aryl methyl sites for hydroxylation is 2. The van der Waals surface area contributed by atoms with E-state index in [0.29, 0.717) is 6.54 Å². The van der Waals surface area contributed by atoms with Crippen molar-refractivity contribution in [2.24, 2.45) is 0 Å². The first kappa shape index (κ1) is 17.9. The van der Waals surface area contributed by atoms with Gasteiger partial charge in [-0.3, -0.25) is 9.69 Å². The number of carbonyl (C=O) groups is 2. The zero-order chi connectivity index (χ0) is 18.7. The highest BCUT2D eigenvalue weighted by atomic mass is 19.1. The standard InChI is InChI=1S/C20H21FN2O3/c1-13-3-8-17(9-14(13)2)23-12-18(26-20(23)25)11-22-19(24)10-15-4-6-16(21)7-5-15/h3-9,18H,10-12H2,1-2H3,(H,22,24). The van der Waals surface area contributed by atoms with Gasteiger partial charge in [0.25, 0.3) is 0 Å². The SMILES string of the molecule is Cc1ccc(N2CC(CNC(=O)Cc3ccc(F)cc3)OC2=O)cc1C. The number of anilines is 1. The van der Waals surface area contributed by atoms with Crippen molar-refractivity contribution in [3.8, 4) is 0 Å². The van der Waals surface area contributed by atoms with E-state index in [4.69, 9.17) is 4.74 Å². The minimum Gasteiger partial charge on any atom is -0.442 e. The number of ether oxygens (including phenoxy) is 1. The number of carbonyl (C=O) groups excluding carboxylic acids is 2. The van der Waals surface area contributed by atoms with Gasteiger partial charge in [-0.1, -0.05) is 18.2 Å². The smallest absolute Gasteiger partial charge is 0.414 e. The molecule has 1 N–H and O–H groups in total. The van der Waals surface area contributed by atoms with Gasteiger partial charge in [0, 0.05) is 5.69 Å². The van der Waals surface area contributed by atoms with Crippen LogP contribution in [0.2, 0.25) is 0 Å². The third-order valence-corrected chi connectivity index (χ3v) is 4.48. The maximum absolute atomic E-state index is 12.9. The van der Waals surface area contributed by atoms with E-state index in [-0.39, 0.29) is 24.7 Å². The van der Waals surface area contributed by atoms with Gasteiger partial charge in [0.15, 0.2) is 0 Å². The second-order valence-corrected chi connectivity index (χ2v) is 6.49. The highest BCUT2D eigenvalue weighted by molar-refractivity contribution is 5.90. The van der Waals surface area contributed by atoms with E-state index in [9.17, 15) is 14.0 Å². The summed E-state index contributed by atoms with van der Waals surface area (Å²) in [4.78, 5) is 25.7. The predicted molar refractivity (Wildman–Crippen MR) is 96.6 cm³/mol. The van der Waals surface area contributed by atoms with Gasteiger partial charge < -0.3 is 10.1 Å². The van der Waals surface area contributed by atoms with Crippen molar-refractivity contribution in [2.75, 3.05) is 18.0 Å². The van der Waals surface area contributed by atoms with Crippen LogP contribution in [-0.4, -0.2) is 31.2 Å². The molecule has 0 bridgehead atoms. The summed E-state index contributed by atoms with van der Waals surface area (Å²) < 4.78 is 18.2. The van der Waals surface area contributed by atoms with Crippen molar-refractivity contribution in [2.45, 2.75) is 26.4 Å². The Morgan fingerprint density at radius 3 is 2.62 bits per heavy atom. The lowest BCUT2D eigenvalue weighted by Crippen LogP contribution is -2.35. The Morgan fingerprint density at radius 1 is 1.19 bits per heavy atom. The van der Waals surface area contributed by atoms with Crippen LogP contribution in [-0.2, 0) is 16.0 Å². The van der Waals surface area contributed by atoms with E-state index in [0.717, 1.165) is 22.4 Å². The average molecular weight is 356 g/mol. The van der Waals surface area contributed by atoms with E-state index in [2.05, 4.69) is 5.32 Å². The predicted octanol–water partition coefficient (Wildman–Crippen LogP) is 3.13. The van der Waals surface area contributed by atoms with Gasteiger partial charge >= 0.3 is 6.09 Å². The molecule has 1 aliphatic heterocycles. The molecule has 1 aliphatic rings. The molecule has 6 heteroatoms. The molecule has 136 valence electrons. The Balaban J connectivity index is 1.53. The average Bonchev–Trinajstić information content (AvgIpc) is 2.98. The van der Waals surface area contributed by atoms with Crippen LogP contribution < -0.4 is 10.2 Å². The summed E-state index contributed by atoms with van der Waals surface area (Å²) in [7, 11) is 0. The minimum atomic E-state index is -0.411. The molecule has 1 fully saturated rings. The number of amides is 2.